The average molecular weight is 366 g/mol. The zero-order valence-electron chi connectivity index (χ0n) is 15.5. The Balaban J connectivity index is 1.89. The molecule has 0 bridgehead atoms. The minimum Gasteiger partial charge on any atom is -0.451 e. The molecule has 1 atom stereocenters. The van der Waals surface area contributed by atoms with Crippen LogP contribution in [-0.4, -0.2) is 38.7 Å². The van der Waals surface area contributed by atoms with Crippen LogP contribution in [0.1, 0.15) is 56.8 Å². The van der Waals surface area contributed by atoms with Crippen molar-refractivity contribution in [2.75, 3.05) is 0 Å². The number of nitro groups is 1. The van der Waals surface area contributed by atoms with Crippen LogP contribution in [0, 0.1) is 24.0 Å². The molecule has 1 fully saturated rings. The Morgan fingerprint density at radius 3 is 2.46 bits per heavy atom. The molecule has 0 saturated heterocycles. The molecule has 9 nitrogen and oxygen atoms in total. The Labute approximate surface area is 152 Å². The van der Waals surface area contributed by atoms with Crippen molar-refractivity contribution in [3.05, 3.63) is 21.5 Å². The Bertz CT molecular complexity index is 677. The van der Waals surface area contributed by atoms with Crippen molar-refractivity contribution in [3.8, 4) is 0 Å². The van der Waals surface area contributed by atoms with Crippen molar-refractivity contribution in [1.29, 1.82) is 0 Å². The molecule has 2 rings (SSSR count). The first-order valence-electron chi connectivity index (χ1n) is 8.98. The van der Waals surface area contributed by atoms with E-state index in [4.69, 9.17) is 4.74 Å². The third kappa shape index (κ3) is 5.03. The number of ether oxygens (including phenoxy) is 1. The van der Waals surface area contributed by atoms with E-state index in [2.05, 4.69) is 10.4 Å². The molecule has 144 valence electrons. The van der Waals surface area contributed by atoms with Gasteiger partial charge in [0.2, 0.25) is 0 Å². The molecule has 1 N–H and O–H groups in total. The van der Waals surface area contributed by atoms with Crippen LogP contribution < -0.4 is 5.32 Å². The standard InChI is InChI=1S/C17H26N4O5/c1-11-16(21(24)25)12(2)20(19-11)10-15(22)26-13(3)17(23)18-14-8-6-4-5-7-9-14/h13-14H,4-10H2,1-3H3,(H,18,23)/t13-/m0/s1. The Morgan fingerprint density at radius 1 is 1.31 bits per heavy atom. The van der Waals surface area contributed by atoms with Gasteiger partial charge in [0.1, 0.15) is 17.9 Å². The minimum atomic E-state index is -0.919. The van der Waals surface area contributed by atoms with E-state index in [1.165, 1.54) is 38.3 Å². The van der Waals surface area contributed by atoms with Gasteiger partial charge in [-0.05, 0) is 33.6 Å². The second-order valence-corrected chi connectivity index (χ2v) is 6.76. The van der Waals surface area contributed by atoms with Gasteiger partial charge < -0.3 is 10.1 Å². The normalized spacial score (nSPS) is 16.6. The highest BCUT2D eigenvalue weighted by molar-refractivity contribution is 5.83. The molecule has 0 aromatic carbocycles. The summed E-state index contributed by atoms with van der Waals surface area (Å²) in [7, 11) is 0. The van der Waals surface area contributed by atoms with Crippen molar-refractivity contribution in [3.63, 3.8) is 0 Å². The van der Waals surface area contributed by atoms with Crippen molar-refractivity contribution in [2.24, 2.45) is 0 Å². The van der Waals surface area contributed by atoms with Gasteiger partial charge in [0.25, 0.3) is 5.91 Å². The van der Waals surface area contributed by atoms with Crippen LogP contribution in [0.15, 0.2) is 0 Å². The van der Waals surface area contributed by atoms with E-state index in [-0.39, 0.29) is 35.6 Å². The van der Waals surface area contributed by atoms with Gasteiger partial charge in [-0.15, -0.1) is 0 Å². The molecular formula is C17H26N4O5. The van der Waals surface area contributed by atoms with Crippen LogP contribution in [0.25, 0.3) is 0 Å². The summed E-state index contributed by atoms with van der Waals surface area (Å²) in [5.41, 5.74) is 0.399. The number of aryl methyl sites for hydroxylation is 1. The number of carbonyl (C=O) groups excluding carboxylic acids is 2. The van der Waals surface area contributed by atoms with E-state index >= 15 is 0 Å². The zero-order chi connectivity index (χ0) is 19.3. The first kappa shape index (κ1) is 19.9. The summed E-state index contributed by atoms with van der Waals surface area (Å²) in [6.45, 7) is 4.28. The second kappa shape index (κ2) is 8.77. The minimum absolute atomic E-state index is 0.114. The fourth-order valence-electron chi connectivity index (χ4n) is 3.26. The Morgan fingerprint density at radius 2 is 1.92 bits per heavy atom. The predicted molar refractivity (Wildman–Crippen MR) is 93.5 cm³/mol. The molecule has 1 aromatic heterocycles. The lowest BCUT2D eigenvalue weighted by Gasteiger charge is -2.19. The van der Waals surface area contributed by atoms with E-state index in [1.54, 1.807) is 0 Å². The lowest BCUT2D eigenvalue weighted by Crippen LogP contribution is -2.42. The van der Waals surface area contributed by atoms with Gasteiger partial charge in [0, 0.05) is 6.04 Å². The Kier molecular flexibility index (Phi) is 6.70. The number of esters is 1. The summed E-state index contributed by atoms with van der Waals surface area (Å²) < 4.78 is 6.40. The monoisotopic (exact) mass is 366 g/mol. The maximum absolute atomic E-state index is 12.2. The number of carbonyl (C=O) groups is 2. The second-order valence-electron chi connectivity index (χ2n) is 6.76. The molecule has 1 amide bonds. The SMILES string of the molecule is Cc1nn(CC(=O)O[C@@H](C)C(=O)NC2CCCCCC2)c(C)c1[N+](=O)[O-]. The van der Waals surface area contributed by atoms with Gasteiger partial charge >= 0.3 is 11.7 Å². The van der Waals surface area contributed by atoms with Gasteiger partial charge in [-0.1, -0.05) is 25.7 Å². The maximum Gasteiger partial charge on any atom is 0.328 e. The molecule has 1 aromatic rings. The van der Waals surface area contributed by atoms with E-state index in [0.29, 0.717) is 0 Å². The molecule has 0 radical (unpaired) electrons. The van der Waals surface area contributed by atoms with E-state index in [9.17, 15) is 19.7 Å². The van der Waals surface area contributed by atoms with Crippen LogP contribution >= 0.6 is 0 Å². The van der Waals surface area contributed by atoms with Crippen LogP contribution in [0.2, 0.25) is 0 Å². The number of aromatic nitrogens is 2. The molecule has 1 heterocycles. The number of rotatable bonds is 6. The molecule has 0 aliphatic heterocycles. The molecular weight excluding hydrogens is 340 g/mol. The van der Waals surface area contributed by atoms with Gasteiger partial charge in [-0.3, -0.25) is 24.4 Å². The number of nitrogens with zero attached hydrogens (tertiary/aromatic N) is 3. The summed E-state index contributed by atoms with van der Waals surface area (Å²) in [5.74, 6) is -0.974. The van der Waals surface area contributed by atoms with Crippen molar-refractivity contribution in [1.82, 2.24) is 15.1 Å². The molecule has 0 spiro atoms. The highest BCUT2D eigenvalue weighted by Crippen LogP contribution is 2.21. The topological polar surface area (TPSA) is 116 Å². The fourth-order valence-corrected chi connectivity index (χ4v) is 3.26. The smallest absolute Gasteiger partial charge is 0.328 e. The number of hydrogen-bond donors (Lipinski definition) is 1. The van der Waals surface area contributed by atoms with Crippen LogP contribution in [0.5, 0.6) is 0 Å². The molecule has 26 heavy (non-hydrogen) atoms. The molecule has 9 heteroatoms. The molecule has 1 saturated carbocycles. The first-order chi connectivity index (χ1) is 12.3. The number of nitrogens with one attached hydrogen (secondary N) is 1. The average Bonchev–Trinajstić information content (AvgIpc) is 2.73. The Hall–Kier alpha value is -2.45. The number of hydrogen-bond acceptors (Lipinski definition) is 6. The molecule has 1 aliphatic rings. The zero-order valence-corrected chi connectivity index (χ0v) is 15.5. The quantitative estimate of drug-likeness (QED) is 0.357. The summed E-state index contributed by atoms with van der Waals surface area (Å²) >= 11 is 0. The van der Waals surface area contributed by atoms with Crippen molar-refractivity contribution < 1.29 is 19.2 Å². The van der Waals surface area contributed by atoms with Crippen LogP contribution in [0.4, 0.5) is 5.69 Å². The number of amides is 1. The van der Waals surface area contributed by atoms with E-state index in [0.717, 1.165) is 25.7 Å². The van der Waals surface area contributed by atoms with Gasteiger partial charge in [-0.25, -0.2) is 0 Å². The lowest BCUT2D eigenvalue weighted by atomic mass is 10.1. The highest BCUT2D eigenvalue weighted by atomic mass is 16.6. The third-order valence-corrected chi connectivity index (χ3v) is 4.68. The first-order valence-corrected chi connectivity index (χ1v) is 8.98. The maximum atomic E-state index is 12.2. The van der Waals surface area contributed by atoms with Crippen molar-refractivity contribution in [2.45, 2.75) is 78.0 Å². The largest absolute Gasteiger partial charge is 0.451 e. The van der Waals surface area contributed by atoms with Crippen LogP contribution in [-0.2, 0) is 20.9 Å². The lowest BCUT2D eigenvalue weighted by molar-refractivity contribution is -0.386. The van der Waals surface area contributed by atoms with Gasteiger partial charge in [-0.2, -0.15) is 5.10 Å². The molecule has 1 aliphatic carbocycles. The molecule has 0 unspecified atom stereocenters. The van der Waals surface area contributed by atoms with Crippen molar-refractivity contribution >= 4 is 17.6 Å². The van der Waals surface area contributed by atoms with E-state index in [1.807, 2.05) is 0 Å². The summed E-state index contributed by atoms with van der Waals surface area (Å²) in [4.78, 5) is 34.8. The van der Waals surface area contributed by atoms with Crippen LogP contribution in [0.3, 0.4) is 0 Å². The fraction of sp³-hybridized carbons (Fsp3) is 0.706. The summed E-state index contributed by atoms with van der Waals surface area (Å²) in [6, 6.07) is 0.129. The van der Waals surface area contributed by atoms with Gasteiger partial charge in [0.15, 0.2) is 6.10 Å². The predicted octanol–water partition coefficient (Wildman–Crippen LogP) is 2.18. The third-order valence-electron chi connectivity index (χ3n) is 4.68. The van der Waals surface area contributed by atoms with E-state index < -0.39 is 17.0 Å². The highest BCUT2D eigenvalue weighted by Gasteiger charge is 2.25. The van der Waals surface area contributed by atoms with Gasteiger partial charge in [0.05, 0.1) is 4.92 Å². The summed E-state index contributed by atoms with van der Waals surface area (Å²) in [6.07, 6.45) is 5.53. The summed E-state index contributed by atoms with van der Waals surface area (Å²) in [5, 5.41) is 17.9.